The van der Waals surface area contributed by atoms with Crippen molar-refractivity contribution in [3.05, 3.63) is 0 Å². The van der Waals surface area contributed by atoms with E-state index in [4.69, 9.17) is 0 Å². The van der Waals surface area contributed by atoms with E-state index >= 15 is 0 Å². The van der Waals surface area contributed by atoms with E-state index < -0.39 is 0 Å². The van der Waals surface area contributed by atoms with Crippen LogP contribution < -0.4 is 5.54 Å². The summed E-state index contributed by atoms with van der Waals surface area (Å²) in [6, 6.07) is 0. The molecule has 0 aliphatic carbocycles. The van der Waals surface area contributed by atoms with Crippen LogP contribution in [0.25, 0.3) is 0 Å². The quantitative estimate of drug-likeness (QED) is 0.434. The first-order chi connectivity index (χ1) is 3.91. The predicted molar refractivity (Wildman–Crippen MR) is 35.4 cm³/mol. The molecule has 0 atom stereocenters. The molecule has 1 N–H and O–H groups in total. The maximum Gasteiger partial charge on any atom is 0.0259 e. The van der Waals surface area contributed by atoms with Gasteiger partial charge in [0.15, 0.2) is 0 Å². The number of hydrogen-bond acceptors (Lipinski definition) is 1. The molecule has 0 amide bonds. The number of unbranched alkanes of at least 4 members (excludes halogenated alkanes) is 3. The van der Waals surface area contributed by atoms with Gasteiger partial charge in [0.25, 0.3) is 0 Å². The summed E-state index contributed by atoms with van der Waals surface area (Å²) in [6.07, 6.45) is 4.55. The minimum Gasteiger partial charge on any atom is -0.159 e. The molecule has 0 heterocycles. The van der Waals surface area contributed by atoms with Crippen molar-refractivity contribution in [3.8, 4) is 0 Å². The molecule has 0 aromatic heterocycles. The van der Waals surface area contributed by atoms with E-state index in [0.29, 0.717) is 6.54 Å². The van der Waals surface area contributed by atoms with E-state index in [0.717, 1.165) is 12.8 Å². The number of nitrogens with one attached hydrogen (secondary N) is 1. The number of hydrogen-bond donors (Lipinski definition) is 1. The molecule has 52 valence electrons. The molecule has 0 aromatic carbocycles. The molecular formula is C6H16FN. The van der Waals surface area contributed by atoms with E-state index in [1.165, 1.54) is 12.8 Å². The fourth-order valence-electron chi connectivity index (χ4n) is 0.619. The molecule has 0 saturated carbocycles. The van der Waals surface area contributed by atoms with Crippen molar-refractivity contribution in [2.24, 2.45) is 0 Å². The second kappa shape index (κ2) is 6.89. The van der Waals surface area contributed by atoms with Crippen LogP contribution in [-0.4, -0.2) is 6.54 Å². The minimum atomic E-state index is 0. The van der Waals surface area contributed by atoms with E-state index in [1.54, 1.807) is 5.54 Å². The number of rotatable bonds is 5. The Labute approximate surface area is 51.7 Å². The topological polar surface area (TPSA) is 12.0 Å². The van der Waals surface area contributed by atoms with Crippen molar-refractivity contribution in [1.82, 2.24) is 5.54 Å². The van der Waals surface area contributed by atoms with Crippen molar-refractivity contribution >= 4 is 0 Å². The molecule has 0 radical (unpaired) electrons. The van der Waals surface area contributed by atoms with Crippen LogP contribution >= 0.6 is 0 Å². The summed E-state index contributed by atoms with van der Waals surface area (Å²) in [5.74, 6) is 0. The fraction of sp³-hybridized carbons (Fsp3) is 1.00. The molecule has 0 rings (SSSR count). The molecule has 0 fully saturated rings. The van der Waals surface area contributed by atoms with Gasteiger partial charge < -0.3 is 0 Å². The molecule has 1 nitrogen and oxygen atoms in total. The molecule has 0 bridgehead atoms. The van der Waals surface area contributed by atoms with E-state index in [2.05, 4.69) is 6.92 Å². The minimum absolute atomic E-state index is 0. The third-order valence-electron chi connectivity index (χ3n) is 1.12. The molecule has 0 unspecified atom stereocenters. The van der Waals surface area contributed by atoms with Gasteiger partial charge in [0.05, 0.1) is 0 Å². The first-order valence-corrected chi connectivity index (χ1v) is 3.25. The van der Waals surface area contributed by atoms with Crippen molar-refractivity contribution in [1.29, 1.82) is 0 Å². The molecule has 2 heteroatoms. The summed E-state index contributed by atoms with van der Waals surface area (Å²) in [5.41, 5.74) is 1.63. The highest BCUT2D eigenvalue weighted by Crippen LogP contribution is 1.96. The van der Waals surface area contributed by atoms with Crippen LogP contribution in [0.1, 0.15) is 34.0 Å². The van der Waals surface area contributed by atoms with Gasteiger partial charge in [-0.2, -0.15) is 5.54 Å². The molecule has 0 saturated heterocycles. The number of halogens is 1. The smallest absolute Gasteiger partial charge is 0.0259 e. The largest absolute Gasteiger partial charge is 0.159 e. The van der Waals surface area contributed by atoms with Crippen LogP contribution in [0.4, 0.5) is 4.48 Å². The SMILES string of the molecule is CCCCCCNF.[HH]. The monoisotopic (exact) mass is 121 g/mol. The van der Waals surface area contributed by atoms with Crippen molar-refractivity contribution in [2.45, 2.75) is 32.6 Å². The second-order valence-corrected chi connectivity index (χ2v) is 1.94. The molecule has 0 aromatic rings. The average molecular weight is 121 g/mol. The highest BCUT2D eigenvalue weighted by molar-refractivity contribution is 4.39. The van der Waals surface area contributed by atoms with E-state index in [-0.39, 0.29) is 1.43 Å². The fourth-order valence-corrected chi connectivity index (χ4v) is 0.619. The maximum absolute atomic E-state index is 11.2. The first kappa shape index (κ1) is 7.89. The molecule has 8 heavy (non-hydrogen) atoms. The molecule has 0 aliphatic heterocycles. The Morgan fingerprint density at radius 1 is 1.38 bits per heavy atom. The van der Waals surface area contributed by atoms with Crippen molar-refractivity contribution in [3.63, 3.8) is 0 Å². The van der Waals surface area contributed by atoms with Gasteiger partial charge in [-0.25, -0.2) is 0 Å². The first-order valence-electron chi connectivity index (χ1n) is 3.25. The van der Waals surface area contributed by atoms with E-state index in [1.807, 2.05) is 0 Å². The van der Waals surface area contributed by atoms with Crippen molar-refractivity contribution in [2.75, 3.05) is 6.54 Å². The van der Waals surface area contributed by atoms with Gasteiger partial charge in [-0.15, -0.1) is 4.48 Å². The van der Waals surface area contributed by atoms with Gasteiger partial charge in [0.2, 0.25) is 0 Å². The highest BCUT2D eigenvalue weighted by Gasteiger charge is 1.84. The van der Waals surface area contributed by atoms with Crippen LogP contribution in [0.2, 0.25) is 0 Å². The standard InChI is InChI=1S/C6H14FN.H2/c1-2-3-4-5-6-8-7;/h8H,2-6H2,1H3;1H. The van der Waals surface area contributed by atoms with Crippen LogP contribution in [0.3, 0.4) is 0 Å². The van der Waals surface area contributed by atoms with Crippen LogP contribution in [-0.2, 0) is 0 Å². The zero-order valence-corrected chi connectivity index (χ0v) is 5.41. The molecule has 0 aliphatic rings. The van der Waals surface area contributed by atoms with Gasteiger partial charge >= 0.3 is 0 Å². The van der Waals surface area contributed by atoms with Crippen LogP contribution in [0.5, 0.6) is 0 Å². The van der Waals surface area contributed by atoms with Crippen LogP contribution in [0, 0.1) is 0 Å². The lowest BCUT2D eigenvalue weighted by Gasteiger charge is -1.93. The zero-order valence-electron chi connectivity index (χ0n) is 5.41. The lowest BCUT2D eigenvalue weighted by Crippen LogP contribution is -2.01. The maximum atomic E-state index is 11.2. The third-order valence-corrected chi connectivity index (χ3v) is 1.12. The Hall–Kier alpha value is -0.110. The summed E-state index contributed by atoms with van der Waals surface area (Å²) in [4.78, 5) is 0. The Kier molecular flexibility index (Phi) is 6.80. The summed E-state index contributed by atoms with van der Waals surface area (Å²) < 4.78 is 11.2. The highest BCUT2D eigenvalue weighted by atomic mass is 19.2. The lowest BCUT2D eigenvalue weighted by molar-refractivity contribution is 0.328. The van der Waals surface area contributed by atoms with Crippen LogP contribution in [0.15, 0.2) is 0 Å². The normalized spacial score (nSPS) is 9.75. The molecule has 0 spiro atoms. The lowest BCUT2D eigenvalue weighted by atomic mass is 10.2. The van der Waals surface area contributed by atoms with E-state index in [9.17, 15) is 4.48 Å². The predicted octanol–water partition coefficient (Wildman–Crippen LogP) is 2.29. The van der Waals surface area contributed by atoms with Gasteiger partial charge in [-0.05, 0) is 6.42 Å². The van der Waals surface area contributed by atoms with Gasteiger partial charge in [0.1, 0.15) is 0 Å². The third kappa shape index (κ3) is 5.89. The summed E-state index contributed by atoms with van der Waals surface area (Å²) >= 11 is 0. The Morgan fingerprint density at radius 2 is 2.12 bits per heavy atom. The summed E-state index contributed by atoms with van der Waals surface area (Å²) in [7, 11) is 0. The van der Waals surface area contributed by atoms with Crippen molar-refractivity contribution < 1.29 is 5.91 Å². The Balaban J connectivity index is 0. The summed E-state index contributed by atoms with van der Waals surface area (Å²) in [5, 5.41) is 0. The Morgan fingerprint density at radius 3 is 2.62 bits per heavy atom. The van der Waals surface area contributed by atoms with Gasteiger partial charge in [0, 0.05) is 7.97 Å². The molecular weight excluding hydrogens is 105 g/mol. The summed E-state index contributed by atoms with van der Waals surface area (Å²) in [6.45, 7) is 2.66. The van der Waals surface area contributed by atoms with Gasteiger partial charge in [-0.3, -0.25) is 0 Å². The average Bonchev–Trinajstić information content (AvgIpc) is 1.81. The Bertz CT molecular complexity index is 38.0. The second-order valence-electron chi connectivity index (χ2n) is 1.94. The zero-order chi connectivity index (χ0) is 6.24. The van der Waals surface area contributed by atoms with Gasteiger partial charge in [-0.1, -0.05) is 26.2 Å².